The van der Waals surface area contributed by atoms with E-state index in [0.717, 1.165) is 9.13 Å². The van der Waals surface area contributed by atoms with E-state index in [4.69, 9.17) is 16.3 Å². The first-order valence-corrected chi connectivity index (χ1v) is 10.8. The Labute approximate surface area is 196 Å². The number of amides is 1. The van der Waals surface area contributed by atoms with Gasteiger partial charge in [0.2, 0.25) is 5.28 Å². The van der Waals surface area contributed by atoms with Gasteiger partial charge in [-0.3, -0.25) is 9.36 Å². The molecule has 0 bridgehead atoms. The number of anilines is 1. The highest BCUT2D eigenvalue weighted by molar-refractivity contribution is 14.1. The fraction of sp³-hybridized carbons (Fsp3) is 0.368. The number of hydrogen-bond acceptors (Lipinski definition) is 8. The highest BCUT2D eigenvalue weighted by Crippen LogP contribution is 2.38. The molecule has 0 aliphatic carbocycles. The minimum Gasteiger partial charge on any atom is -0.385 e. The normalized spacial score (nSPS) is 25.7. The Morgan fingerprint density at radius 1 is 1.42 bits per heavy atom. The molecule has 4 N–H and O–H groups in total. The second-order valence-corrected chi connectivity index (χ2v) is 8.92. The van der Waals surface area contributed by atoms with Gasteiger partial charge >= 0.3 is 0 Å². The van der Waals surface area contributed by atoms with Crippen LogP contribution in [-0.4, -0.2) is 60.5 Å². The molecule has 1 aliphatic rings. The van der Waals surface area contributed by atoms with Crippen LogP contribution in [-0.2, 0) is 16.1 Å². The lowest BCUT2D eigenvalue weighted by molar-refractivity contribution is -0.142. The summed E-state index contributed by atoms with van der Waals surface area (Å²) in [6.45, 7) is 1.83. The van der Waals surface area contributed by atoms with Crippen molar-refractivity contribution in [2.75, 3.05) is 12.4 Å². The average molecular weight is 559 g/mol. The maximum atomic E-state index is 12.1. The standard InChI is InChI=1S/C19H20ClIN6O4/c1-19(30)12(28)17(31-13(19)16(29)22-2)27-8-24-11-14(25-18(20)26-15(11)27)23-7-9-4-3-5-10(21)6-9/h3-6,8,12-13,17,28,30H,7H2,1-2H3,(H,22,29)(H,23,25,26)/t12-,13+,17+,19-/m0/s1. The molecule has 1 aliphatic heterocycles. The number of carbonyl (C=O) groups is 1. The number of hydrogen-bond donors (Lipinski definition) is 4. The van der Waals surface area contributed by atoms with E-state index >= 15 is 0 Å². The second-order valence-electron chi connectivity index (χ2n) is 7.34. The summed E-state index contributed by atoms with van der Waals surface area (Å²) in [4.78, 5) is 24.9. The van der Waals surface area contributed by atoms with Crippen LogP contribution in [0.4, 0.5) is 5.82 Å². The third-order valence-corrected chi connectivity index (χ3v) is 6.02. The van der Waals surface area contributed by atoms with Crippen molar-refractivity contribution < 1.29 is 19.7 Å². The Morgan fingerprint density at radius 2 is 2.19 bits per heavy atom. The predicted octanol–water partition coefficient (Wildman–Crippen LogP) is 1.45. The number of aliphatic hydroxyl groups is 2. The lowest BCUT2D eigenvalue weighted by atomic mass is 9.94. The van der Waals surface area contributed by atoms with Crippen LogP contribution in [0.1, 0.15) is 18.7 Å². The minimum absolute atomic E-state index is 0.0264. The van der Waals surface area contributed by atoms with Gasteiger partial charge in [0, 0.05) is 17.2 Å². The molecule has 4 atom stereocenters. The van der Waals surface area contributed by atoms with Crippen molar-refractivity contribution in [2.24, 2.45) is 0 Å². The molecule has 12 heteroatoms. The van der Waals surface area contributed by atoms with E-state index < -0.39 is 29.9 Å². The number of carbonyl (C=O) groups excluding carboxylic acids is 1. The molecule has 3 heterocycles. The molecule has 0 spiro atoms. The molecule has 2 aromatic heterocycles. The average Bonchev–Trinajstić information content (AvgIpc) is 3.24. The van der Waals surface area contributed by atoms with Gasteiger partial charge in [-0.15, -0.1) is 0 Å². The quantitative estimate of drug-likeness (QED) is 0.273. The van der Waals surface area contributed by atoms with Crippen molar-refractivity contribution in [3.63, 3.8) is 0 Å². The number of ether oxygens (including phenoxy) is 1. The van der Waals surface area contributed by atoms with E-state index in [1.54, 1.807) is 0 Å². The maximum Gasteiger partial charge on any atom is 0.252 e. The smallest absolute Gasteiger partial charge is 0.252 e. The molecule has 1 fully saturated rings. The molecular formula is C19H20ClIN6O4. The summed E-state index contributed by atoms with van der Waals surface area (Å²) in [5.41, 5.74) is -0.0615. The van der Waals surface area contributed by atoms with Crippen molar-refractivity contribution in [1.82, 2.24) is 24.8 Å². The molecule has 10 nitrogen and oxygen atoms in total. The first-order valence-electron chi connectivity index (χ1n) is 9.38. The first kappa shape index (κ1) is 22.1. The van der Waals surface area contributed by atoms with Gasteiger partial charge in [-0.2, -0.15) is 9.97 Å². The van der Waals surface area contributed by atoms with Crippen molar-refractivity contribution in [2.45, 2.75) is 37.5 Å². The van der Waals surface area contributed by atoms with Gasteiger partial charge in [0.05, 0.1) is 6.33 Å². The number of aliphatic hydroxyl groups excluding tert-OH is 1. The molecule has 4 rings (SSSR count). The zero-order chi connectivity index (χ0) is 22.3. The van der Waals surface area contributed by atoms with Crippen molar-refractivity contribution in [3.8, 4) is 0 Å². The van der Waals surface area contributed by atoms with E-state index in [1.165, 1.54) is 24.9 Å². The molecule has 1 aromatic carbocycles. The van der Waals surface area contributed by atoms with Gasteiger partial charge in [0.1, 0.15) is 11.7 Å². The number of nitrogens with zero attached hydrogens (tertiary/aromatic N) is 4. The van der Waals surface area contributed by atoms with Crippen molar-refractivity contribution in [1.29, 1.82) is 0 Å². The SMILES string of the molecule is CNC(=O)[C@H]1O[C@@H](n2cnc3c(NCc4cccc(I)c4)nc(Cl)nc32)[C@H](O)[C@]1(C)O. The number of benzene rings is 1. The Morgan fingerprint density at radius 3 is 2.90 bits per heavy atom. The van der Waals surface area contributed by atoms with Crippen LogP contribution >= 0.6 is 34.2 Å². The van der Waals surface area contributed by atoms with Crippen LogP contribution in [0.15, 0.2) is 30.6 Å². The lowest BCUT2D eigenvalue weighted by Gasteiger charge is -2.25. The summed E-state index contributed by atoms with van der Waals surface area (Å²) in [7, 11) is 1.42. The van der Waals surface area contributed by atoms with E-state index in [2.05, 4.69) is 48.2 Å². The van der Waals surface area contributed by atoms with Crippen LogP contribution in [0.2, 0.25) is 5.28 Å². The van der Waals surface area contributed by atoms with Gasteiger partial charge in [-0.05, 0) is 58.8 Å². The monoisotopic (exact) mass is 558 g/mol. The topological polar surface area (TPSA) is 134 Å². The summed E-state index contributed by atoms with van der Waals surface area (Å²) < 4.78 is 8.24. The predicted molar refractivity (Wildman–Crippen MR) is 121 cm³/mol. The second kappa shape index (κ2) is 8.47. The zero-order valence-electron chi connectivity index (χ0n) is 16.6. The van der Waals surface area contributed by atoms with E-state index in [0.29, 0.717) is 23.5 Å². The molecule has 3 aromatic rings. The van der Waals surface area contributed by atoms with E-state index in [1.807, 2.05) is 24.3 Å². The Balaban J connectivity index is 1.67. The van der Waals surface area contributed by atoms with Crippen LogP contribution in [0.25, 0.3) is 11.2 Å². The van der Waals surface area contributed by atoms with Crippen molar-refractivity contribution in [3.05, 3.63) is 45.0 Å². The van der Waals surface area contributed by atoms with Gasteiger partial charge in [0.15, 0.2) is 29.3 Å². The molecule has 1 amide bonds. The van der Waals surface area contributed by atoms with Crippen LogP contribution in [0.3, 0.4) is 0 Å². The molecule has 0 radical (unpaired) electrons. The summed E-state index contributed by atoms with van der Waals surface area (Å²) in [5, 5.41) is 27.0. The molecule has 164 valence electrons. The molecular weight excluding hydrogens is 539 g/mol. The van der Waals surface area contributed by atoms with Gasteiger partial charge in [0.25, 0.3) is 5.91 Å². The molecule has 31 heavy (non-hydrogen) atoms. The van der Waals surface area contributed by atoms with Gasteiger partial charge in [-0.25, -0.2) is 4.98 Å². The minimum atomic E-state index is -1.82. The number of halogens is 2. The third-order valence-electron chi connectivity index (χ3n) is 5.18. The Kier molecular flexibility index (Phi) is 6.05. The number of imidazole rings is 1. The third kappa shape index (κ3) is 4.07. The van der Waals surface area contributed by atoms with E-state index in [-0.39, 0.29) is 5.28 Å². The Hall–Kier alpha value is -2.06. The largest absolute Gasteiger partial charge is 0.385 e. The summed E-state index contributed by atoms with van der Waals surface area (Å²) >= 11 is 8.38. The number of fused-ring (bicyclic) bond motifs is 1. The molecule has 0 saturated carbocycles. The Bertz CT molecular complexity index is 1140. The number of rotatable bonds is 5. The van der Waals surface area contributed by atoms with E-state index in [9.17, 15) is 15.0 Å². The van der Waals surface area contributed by atoms with Gasteiger partial charge in [-0.1, -0.05) is 12.1 Å². The zero-order valence-corrected chi connectivity index (χ0v) is 19.5. The highest BCUT2D eigenvalue weighted by atomic mass is 127. The van der Waals surface area contributed by atoms with Gasteiger partial charge < -0.3 is 25.6 Å². The number of aromatic nitrogens is 4. The fourth-order valence-corrected chi connectivity index (χ4v) is 4.28. The van der Waals surface area contributed by atoms with Crippen LogP contribution in [0.5, 0.6) is 0 Å². The summed E-state index contributed by atoms with van der Waals surface area (Å²) in [6.07, 6.45) is -2.38. The maximum absolute atomic E-state index is 12.1. The summed E-state index contributed by atoms with van der Waals surface area (Å²) in [5.74, 6) is -0.141. The van der Waals surface area contributed by atoms with Crippen molar-refractivity contribution >= 4 is 57.1 Å². The summed E-state index contributed by atoms with van der Waals surface area (Å²) in [6, 6.07) is 7.98. The molecule has 1 saturated heterocycles. The molecule has 0 unspecified atom stereocenters. The fourth-order valence-electron chi connectivity index (χ4n) is 3.50. The number of likely N-dealkylation sites (N-methyl/N-ethyl adjacent to an activating group) is 1. The van der Waals surface area contributed by atoms with Crippen LogP contribution in [0, 0.1) is 3.57 Å². The first-order chi connectivity index (χ1) is 14.7. The lowest BCUT2D eigenvalue weighted by Crippen LogP contribution is -2.51. The highest BCUT2D eigenvalue weighted by Gasteiger charge is 2.56. The number of nitrogens with one attached hydrogen (secondary N) is 2. The van der Waals surface area contributed by atoms with Crippen LogP contribution < -0.4 is 10.6 Å².